The number of benzene rings is 4. The first-order chi connectivity index (χ1) is 13.7. The highest BCUT2D eigenvalue weighted by atomic mass is 79.9. The van der Waals surface area contributed by atoms with Crippen molar-refractivity contribution in [2.45, 2.75) is 12.8 Å². The second-order valence-corrected chi connectivity index (χ2v) is 7.69. The molecule has 0 unspecified atom stereocenters. The number of phenols is 1. The molecule has 136 valence electrons. The van der Waals surface area contributed by atoms with Crippen LogP contribution in [0.5, 0.6) is 5.75 Å². The van der Waals surface area contributed by atoms with Gasteiger partial charge in [-0.1, -0.05) is 88.4 Å². The van der Waals surface area contributed by atoms with Crippen LogP contribution < -0.4 is 0 Å². The number of hydrogen-bond acceptors (Lipinski definition) is 1. The third-order valence-electron chi connectivity index (χ3n) is 4.75. The first-order valence-electron chi connectivity index (χ1n) is 9.21. The molecule has 1 N–H and O–H groups in total. The van der Waals surface area contributed by atoms with Crippen molar-refractivity contribution < 1.29 is 5.11 Å². The predicted molar refractivity (Wildman–Crippen MR) is 120 cm³/mol. The summed E-state index contributed by atoms with van der Waals surface area (Å²) in [6.07, 6.45) is 1.41. The maximum absolute atomic E-state index is 10.8. The van der Waals surface area contributed by atoms with Gasteiger partial charge in [-0.25, -0.2) is 0 Å². The molecule has 0 aliphatic rings. The Labute approximate surface area is 173 Å². The van der Waals surface area contributed by atoms with E-state index in [1.165, 1.54) is 5.56 Å². The van der Waals surface area contributed by atoms with E-state index >= 15 is 0 Å². The van der Waals surface area contributed by atoms with Crippen LogP contribution in [0, 0.1) is 11.8 Å². The number of fused-ring (bicyclic) bond motifs is 1. The van der Waals surface area contributed by atoms with Crippen molar-refractivity contribution in [2.24, 2.45) is 0 Å². The molecule has 1 nitrogen and oxygen atoms in total. The van der Waals surface area contributed by atoms with Crippen molar-refractivity contribution in [3.63, 3.8) is 0 Å². The van der Waals surface area contributed by atoms with Gasteiger partial charge in [0.15, 0.2) is 0 Å². The van der Waals surface area contributed by atoms with Crippen molar-refractivity contribution in [3.8, 4) is 17.6 Å². The molecule has 0 fully saturated rings. The molecule has 0 aliphatic heterocycles. The number of hydrogen-bond donors (Lipinski definition) is 1. The summed E-state index contributed by atoms with van der Waals surface area (Å²) < 4.78 is 1.05. The average molecular weight is 427 g/mol. The van der Waals surface area contributed by atoms with Gasteiger partial charge in [-0.05, 0) is 46.3 Å². The van der Waals surface area contributed by atoms with Crippen LogP contribution in [0.3, 0.4) is 0 Å². The van der Waals surface area contributed by atoms with Crippen LogP contribution >= 0.6 is 15.9 Å². The van der Waals surface area contributed by atoms with Crippen LogP contribution in [0.1, 0.15) is 22.3 Å². The molecule has 0 aliphatic carbocycles. The zero-order chi connectivity index (χ0) is 19.3. The first kappa shape index (κ1) is 18.3. The summed E-state index contributed by atoms with van der Waals surface area (Å²) in [4.78, 5) is 0. The highest BCUT2D eigenvalue weighted by Gasteiger charge is 2.08. The van der Waals surface area contributed by atoms with Gasteiger partial charge in [0.2, 0.25) is 0 Å². The molecule has 0 saturated carbocycles. The monoisotopic (exact) mass is 426 g/mol. The Morgan fingerprint density at radius 2 is 1.54 bits per heavy atom. The van der Waals surface area contributed by atoms with E-state index < -0.39 is 0 Å². The van der Waals surface area contributed by atoms with E-state index in [4.69, 9.17) is 0 Å². The molecule has 0 bridgehead atoms. The molecular formula is C26H19BrO. The Balaban J connectivity index is 1.61. The largest absolute Gasteiger partial charge is 0.507 e. The summed E-state index contributed by atoms with van der Waals surface area (Å²) >= 11 is 3.46. The zero-order valence-electron chi connectivity index (χ0n) is 15.3. The standard InChI is InChI=1S/C26H19BrO/c27-24-15-10-21(11-16-24)17-23-14-13-22-12-9-20(18-25(22)26(23)28)8-4-7-19-5-2-1-3-6-19/h1-3,5-6,9-16,18,28H,7,17H2. The van der Waals surface area contributed by atoms with Crippen molar-refractivity contribution in [1.82, 2.24) is 0 Å². The van der Waals surface area contributed by atoms with E-state index in [9.17, 15) is 5.11 Å². The second kappa shape index (κ2) is 8.33. The topological polar surface area (TPSA) is 20.2 Å². The molecule has 0 aromatic heterocycles. The van der Waals surface area contributed by atoms with Crippen LogP contribution in [-0.4, -0.2) is 5.11 Å². The number of halogens is 1. The third-order valence-corrected chi connectivity index (χ3v) is 5.28. The zero-order valence-corrected chi connectivity index (χ0v) is 16.9. The number of aromatic hydroxyl groups is 1. The van der Waals surface area contributed by atoms with Gasteiger partial charge in [0.1, 0.15) is 5.75 Å². The first-order valence-corrected chi connectivity index (χ1v) is 10.0. The predicted octanol–water partition coefficient (Wildman–Crippen LogP) is 6.49. The van der Waals surface area contributed by atoms with Crippen LogP contribution in [0.15, 0.2) is 89.4 Å². The van der Waals surface area contributed by atoms with Gasteiger partial charge in [0, 0.05) is 28.3 Å². The lowest BCUT2D eigenvalue weighted by molar-refractivity contribution is 0.476. The van der Waals surface area contributed by atoms with Crippen molar-refractivity contribution >= 4 is 26.7 Å². The molecule has 0 atom stereocenters. The Hall–Kier alpha value is -3.02. The summed E-state index contributed by atoms with van der Waals surface area (Å²) in [5.41, 5.74) is 4.20. The van der Waals surface area contributed by atoms with Crippen LogP contribution in [0.2, 0.25) is 0 Å². The van der Waals surface area contributed by atoms with Crippen LogP contribution in [0.25, 0.3) is 10.8 Å². The van der Waals surface area contributed by atoms with Gasteiger partial charge >= 0.3 is 0 Å². The highest BCUT2D eigenvalue weighted by Crippen LogP contribution is 2.31. The Kier molecular flexibility index (Phi) is 5.46. The highest BCUT2D eigenvalue weighted by molar-refractivity contribution is 9.10. The van der Waals surface area contributed by atoms with E-state index in [1.807, 2.05) is 54.6 Å². The van der Waals surface area contributed by atoms with Crippen molar-refractivity contribution in [1.29, 1.82) is 0 Å². The molecule has 0 heterocycles. The minimum atomic E-state index is 0.340. The third kappa shape index (κ3) is 4.27. The minimum absolute atomic E-state index is 0.340. The van der Waals surface area contributed by atoms with Gasteiger partial charge in [-0.3, -0.25) is 0 Å². The average Bonchev–Trinajstić information content (AvgIpc) is 2.73. The lowest BCUT2D eigenvalue weighted by Gasteiger charge is -2.09. The number of phenolic OH excluding ortho intramolecular Hbond substituents is 1. The summed E-state index contributed by atoms with van der Waals surface area (Å²) in [7, 11) is 0. The molecule has 0 saturated heterocycles. The normalized spacial score (nSPS) is 10.5. The van der Waals surface area contributed by atoms with Gasteiger partial charge in [-0.15, -0.1) is 0 Å². The molecule has 0 spiro atoms. The molecule has 2 heteroatoms. The fraction of sp³-hybridized carbons (Fsp3) is 0.0769. The maximum atomic E-state index is 10.8. The van der Waals surface area contributed by atoms with E-state index in [1.54, 1.807) is 0 Å². The number of rotatable bonds is 3. The Morgan fingerprint density at radius 3 is 2.32 bits per heavy atom. The van der Waals surface area contributed by atoms with E-state index in [2.05, 4.69) is 58.1 Å². The molecule has 0 radical (unpaired) electrons. The maximum Gasteiger partial charge on any atom is 0.126 e. The molecular weight excluding hydrogens is 408 g/mol. The van der Waals surface area contributed by atoms with E-state index in [-0.39, 0.29) is 0 Å². The van der Waals surface area contributed by atoms with Crippen LogP contribution in [0.4, 0.5) is 0 Å². The second-order valence-electron chi connectivity index (χ2n) is 6.78. The lowest BCUT2D eigenvalue weighted by Crippen LogP contribution is -1.90. The molecule has 4 rings (SSSR count). The van der Waals surface area contributed by atoms with Crippen LogP contribution in [-0.2, 0) is 12.8 Å². The van der Waals surface area contributed by atoms with Crippen molar-refractivity contribution in [3.05, 3.63) is 112 Å². The molecule has 28 heavy (non-hydrogen) atoms. The molecule has 4 aromatic rings. The lowest BCUT2D eigenvalue weighted by atomic mass is 9.98. The Bertz CT molecular complexity index is 1170. The van der Waals surface area contributed by atoms with E-state index in [0.29, 0.717) is 18.6 Å². The summed E-state index contributed by atoms with van der Waals surface area (Å²) in [6.45, 7) is 0. The smallest absolute Gasteiger partial charge is 0.126 e. The molecule has 4 aromatic carbocycles. The van der Waals surface area contributed by atoms with Crippen molar-refractivity contribution in [2.75, 3.05) is 0 Å². The fourth-order valence-electron chi connectivity index (χ4n) is 3.24. The van der Waals surface area contributed by atoms with Gasteiger partial charge in [0.05, 0.1) is 0 Å². The fourth-order valence-corrected chi connectivity index (χ4v) is 3.50. The SMILES string of the molecule is Oc1c(Cc2ccc(Br)cc2)ccc2ccc(C#CCc3ccccc3)cc12. The Morgan fingerprint density at radius 1 is 0.786 bits per heavy atom. The van der Waals surface area contributed by atoms with E-state index in [0.717, 1.165) is 31.9 Å². The summed E-state index contributed by atoms with van der Waals surface area (Å²) in [6, 6.07) is 28.5. The van der Waals surface area contributed by atoms with Gasteiger partial charge in [-0.2, -0.15) is 0 Å². The summed E-state index contributed by atoms with van der Waals surface area (Å²) in [5.74, 6) is 6.79. The molecule has 0 amide bonds. The summed E-state index contributed by atoms with van der Waals surface area (Å²) in [5, 5.41) is 12.7. The van der Waals surface area contributed by atoms with Gasteiger partial charge < -0.3 is 5.11 Å². The van der Waals surface area contributed by atoms with Gasteiger partial charge in [0.25, 0.3) is 0 Å². The minimum Gasteiger partial charge on any atom is -0.507 e. The quantitative estimate of drug-likeness (QED) is 0.371.